The summed E-state index contributed by atoms with van der Waals surface area (Å²) in [5, 5.41) is 6.41. The zero-order chi connectivity index (χ0) is 13.0. The Morgan fingerprint density at radius 2 is 1.95 bits per heavy atom. The summed E-state index contributed by atoms with van der Waals surface area (Å²) in [7, 11) is 0. The fourth-order valence-electron chi connectivity index (χ4n) is 2.40. The summed E-state index contributed by atoms with van der Waals surface area (Å²) in [6.07, 6.45) is 3.06. The highest BCUT2D eigenvalue weighted by molar-refractivity contribution is 14.0. The number of hydrogen-bond donors (Lipinski definition) is 2. The van der Waals surface area contributed by atoms with Crippen LogP contribution < -0.4 is 10.6 Å². The second kappa shape index (κ2) is 7.91. The summed E-state index contributed by atoms with van der Waals surface area (Å²) >= 11 is 0. The fourth-order valence-corrected chi connectivity index (χ4v) is 2.40. The molecule has 1 heterocycles. The first-order chi connectivity index (χ1) is 8.74. The summed E-state index contributed by atoms with van der Waals surface area (Å²) in [5.74, 6) is 1.58. The Balaban J connectivity index is 0.00000180. The van der Waals surface area contributed by atoms with Crippen molar-refractivity contribution in [3.05, 3.63) is 0 Å². The zero-order valence-corrected chi connectivity index (χ0v) is 14.1. The van der Waals surface area contributed by atoms with E-state index in [9.17, 15) is 4.79 Å². The number of aliphatic imine (C=N–C) groups is 1. The van der Waals surface area contributed by atoms with Gasteiger partial charge in [0, 0.05) is 44.6 Å². The molecule has 0 aromatic heterocycles. The Morgan fingerprint density at radius 1 is 1.32 bits per heavy atom. The van der Waals surface area contributed by atoms with E-state index >= 15 is 0 Å². The van der Waals surface area contributed by atoms with Gasteiger partial charge in [0.2, 0.25) is 5.91 Å². The van der Waals surface area contributed by atoms with Gasteiger partial charge in [-0.15, -0.1) is 24.0 Å². The fraction of sp³-hybridized carbons (Fsp3) is 0.846. The van der Waals surface area contributed by atoms with Crippen LogP contribution in [0.5, 0.6) is 0 Å². The number of amides is 1. The number of nitrogens with zero attached hydrogens (tertiary/aromatic N) is 2. The van der Waals surface area contributed by atoms with Gasteiger partial charge in [-0.25, -0.2) is 0 Å². The number of carbonyl (C=O) groups is 1. The van der Waals surface area contributed by atoms with Crippen molar-refractivity contribution in [3.63, 3.8) is 0 Å². The van der Waals surface area contributed by atoms with E-state index in [0.717, 1.165) is 32.1 Å². The standard InChI is InChI=1S/C13H24N4O.HI/c1-3-14-13(15-4-2)16-8-10-7-12(18)17(9-10)11-5-6-11;/h10-11H,3-9H2,1-2H3,(H2,14,15,16);1H. The summed E-state index contributed by atoms with van der Waals surface area (Å²) in [6.45, 7) is 7.48. The van der Waals surface area contributed by atoms with Gasteiger partial charge in [0.05, 0.1) is 0 Å². The monoisotopic (exact) mass is 380 g/mol. The van der Waals surface area contributed by atoms with Gasteiger partial charge in [-0.1, -0.05) is 0 Å². The van der Waals surface area contributed by atoms with Gasteiger partial charge < -0.3 is 15.5 Å². The van der Waals surface area contributed by atoms with Gasteiger partial charge in [0.15, 0.2) is 5.96 Å². The van der Waals surface area contributed by atoms with Crippen LogP contribution in [-0.2, 0) is 4.79 Å². The topological polar surface area (TPSA) is 56.7 Å². The molecule has 0 radical (unpaired) electrons. The largest absolute Gasteiger partial charge is 0.357 e. The highest BCUT2D eigenvalue weighted by Crippen LogP contribution is 2.32. The molecule has 0 spiro atoms. The van der Waals surface area contributed by atoms with E-state index in [2.05, 4.69) is 34.4 Å². The first-order valence-corrected chi connectivity index (χ1v) is 7.06. The molecule has 5 nitrogen and oxygen atoms in total. The third-order valence-corrected chi connectivity index (χ3v) is 3.42. The van der Waals surface area contributed by atoms with Gasteiger partial charge in [-0.2, -0.15) is 0 Å². The molecule has 6 heteroatoms. The van der Waals surface area contributed by atoms with Crippen LogP contribution in [0.25, 0.3) is 0 Å². The summed E-state index contributed by atoms with van der Waals surface area (Å²) in [6, 6.07) is 0.550. The van der Waals surface area contributed by atoms with Crippen LogP contribution >= 0.6 is 24.0 Å². The average Bonchev–Trinajstić information content (AvgIpc) is 3.11. The summed E-state index contributed by atoms with van der Waals surface area (Å²) in [4.78, 5) is 18.4. The minimum absolute atomic E-state index is 0. The van der Waals surface area contributed by atoms with Crippen molar-refractivity contribution in [3.8, 4) is 0 Å². The van der Waals surface area contributed by atoms with Crippen LogP contribution in [-0.4, -0.2) is 49.0 Å². The molecule has 2 aliphatic rings. The van der Waals surface area contributed by atoms with Crippen molar-refractivity contribution in [2.75, 3.05) is 26.2 Å². The number of likely N-dealkylation sites (tertiary alicyclic amines) is 1. The van der Waals surface area contributed by atoms with Crippen molar-refractivity contribution in [1.29, 1.82) is 0 Å². The second-order valence-electron chi connectivity index (χ2n) is 5.10. The average molecular weight is 380 g/mol. The minimum Gasteiger partial charge on any atom is -0.357 e. The number of carbonyl (C=O) groups excluding carboxylic acids is 1. The van der Waals surface area contributed by atoms with Crippen molar-refractivity contribution >= 4 is 35.8 Å². The van der Waals surface area contributed by atoms with Gasteiger partial charge in [-0.05, 0) is 26.7 Å². The number of hydrogen-bond acceptors (Lipinski definition) is 2. The van der Waals surface area contributed by atoms with Gasteiger partial charge in [0.25, 0.3) is 0 Å². The minimum atomic E-state index is 0. The molecule has 2 fully saturated rings. The Kier molecular flexibility index (Phi) is 6.88. The van der Waals surface area contributed by atoms with E-state index in [0.29, 0.717) is 24.3 Å². The molecular weight excluding hydrogens is 355 g/mol. The summed E-state index contributed by atoms with van der Waals surface area (Å²) in [5.41, 5.74) is 0. The quantitative estimate of drug-likeness (QED) is 0.428. The Morgan fingerprint density at radius 3 is 2.47 bits per heavy atom. The van der Waals surface area contributed by atoms with E-state index in [4.69, 9.17) is 0 Å². The van der Waals surface area contributed by atoms with E-state index in [1.54, 1.807) is 0 Å². The normalized spacial score (nSPS) is 21.9. The van der Waals surface area contributed by atoms with Crippen molar-refractivity contribution in [1.82, 2.24) is 15.5 Å². The molecule has 2 N–H and O–H groups in total. The summed E-state index contributed by atoms with van der Waals surface area (Å²) < 4.78 is 0. The Bertz CT molecular complexity index is 323. The molecule has 0 aromatic carbocycles. The highest BCUT2D eigenvalue weighted by atomic mass is 127. The molecule has 1 aliphatic heterocycles. The van der Waals surface area contributed by atoms with Gasteiger partial charge >= 0.3 is 0 Å². The molecule has 1 saturated heterocycles. The maximum Gasteiger partial charge on any atom is 0.223 e. The first kappa shape index (κ1) is 16.5. The van der Waals surface area contributed by atoms with Crippen LogP contribution in [0.1, 0.15) is 33.1 Å². The lowest BCUT2D eigenvalue weighted by Crippen LogP contribution is -2.37. The second-order valence-corrected chi connectivity index (χ2v) is 5.10. The van der Waals surface area contributed by atoms with E-state index in [1.165, 1.54) is 12.8 Å². The van der Waals surface area contributed by atoms with Crippen LogP contribution in [0.15, 0.2) is 4.99 Å². The highest BCUT2D eigenvalue weighted by Gasteiger charge is 2.39. The van der Waals surface area contributed by atoms with E-state index in [1.807, 2.05) is 0 Å². The SMILES string of the molecule is CCNC(=NCC1CC(=O)N(C2CC2)C1)NCC.I. The van der Waals surface area contributed by atoms with Crippen LogP contribution in [0.3, 0.4) is 0 Å². The number of guanidine groups is 1. The Hall–Kier alpha value is -0.530. The third kappa shape index (κ3) is 4.81. The third-order valence-electron chi connectivity index (χ3n) is 3.42. The van der Waals surface area contributed by atoms with Crippen LogP contribution in [0, 0.1) is 5.92 Å². The molecule has 110 valence electrons. The van der Waals surface area contributed by atoms with E-state index < -0.39 is 0 Å². The Labute approximate surface area is 132 Å². The van der Waals surface area contributed by atoms with E-state index in [-0.39, 0.29) is 24.0 Å². The van der Waals surface area contributed by atoms with Crippen LogP contribution in [0.4, 0.5) is 0 Å². The van der Waals surface area contributed by atoms with Crippen molar-refractivity contribution in [2.24, 2.45) is 10.9 Å². The predicted octanol–water partition coefficient (Wildman–Crippen LogP) is 1.19. The molecule has 2 rings (SSSR count). The van der Waals surface area contributed by atoms with Crippen LogP contribution in [0.2, 0.25) is 0 Å². The lowest BCUT2D eigenvalue weighted by molar-refractivity contribution is -0.128. The predicted molar refractivity (Wildman–Crippen MR) is 87.9 cm³/mol. The lowest BCUT2D eigenvalue weighted by Gasteiger charge is -2.15. The molecule has 0 bridgehead atoms. The first-order valence-electron chi connectivity index (χ1n) is 7.06. The van der Waals surface area contributed by atoms with Crippen molar-refractivity contribution < 1.29 is 4.79 Å². The molecule has 1 amide bonds. The molecule has 1 saturated carbocycles. The van der Waals surface area contributed by atoms with Gasteiger partial charge in [0.1, 0.15) is 0 Å². The molecule has 1 aliphatic carbocycles. The molecule has 1 atom stereocenters. The molecule has 19 heavy (non-hydrogen) atoms. The van der Waals surface area contributed by atoms with Crippen molar-refractivity contribution in [2.45, 2.75) is 39.2 Å². The zero-order valence-electron chi connectivity index (χ0n) is 11.8. The smallest absolute Gasteiger partial charge is 0.223 e. The number of rotatable bonds is 5. The maximum absolute atomic E-state index is 11.8. The van der Waals surface area contributed by atoms with Gasteiger partial charge in [-0.3, -0.25) is 9.79 Å². The number of nitrogens with one attached hydrogen (secondary N) is 2. The number of halogens is 1. The molecular formula is C13H25IN4O. The lowest BCUT2D eigenvalue weighted by atomic mass is 10.1. The maximum atomic E-state index is 11.8. The molecule has 1 unspecified atom stereocenters. The molecule has 0 aromatic rings.